The number of aromatic nitrogens is 3. The molecule has 0 aliphatic rings. The van der Waals surface area contributed by atoms with Gasteiger partial charge in [0.25, 0.3) is 5.91 Å². The van der Waals surface area contributed by atoms with Gasteiger partial charge in [-0.2, -0.15) is 10.1 Å². The van der Waals surface area contributed by atoms with E-state index in [0.29, 0.717) is 17.3 Å². The first-order valence-corrected chi connectivity index (χ1v) is 6.18. The van der Waals surface area contributed by atoms with E-state index < -0.39 is 0 Å². The van der Waals surface area contributed by atoms with Crippen molar-refractivity contribution in [2.24, 2.45) is 0 Å². The number of rotatable bonds is 3. The fourth-order valence-corrected chi connectivity index (χ4v) is 1.60. The topological polar surface area (TPSA) is 82.7 Å². The van der Waals surface area contributed by atoms with E-state index in [0.717, 1.165) is 6.42 Å². The molecule has 1 aromatic carbocycles. The molecule has 2 aromatic rings. The van der Waals surface area contributed by atoms with Crippen molar-refractivity contribution in [2.75, 3.05) is 5.32 Å². The number of carbonyl (C=O) groups excluding carboxylic acids is 1. The first-order chi connectivity index (χ1) is 9.19. The Morgan fingerprint density at radius 2 is 2.11 bits per heavy atom. The van der Waals surface area contributed by atoms with Crippen molar-refractivity contribution < 1.29 is 4.79 Å². The van der Waals surface area contributed by atoms with Gasteiger partial charge >= 0.3 is 0 Å². The molecule has 0 fully saturated rings. The third kappa shape index (κ3) is 3.59. The summed E-state index contributed by atoms with van der Waals surface area (Å²) in [6.45, 7) is 1.95. The number of H-pyrrole nitrogens is 1. The molecule has 19 heavy (non-hydrogen) atoms. The lowest BCUT2D eigenvalue weighted by atomic mass is 10.2. The lowest BCUT2D eigenvalue weighted by molar-refractivity contribution is 0.0977. The largest absolute Gasteiger partial charge is 0.301 e. The average Bonchev–Trinajstić information content (AvgIpc) is 2.87. The summed E-state index contributed by atoms with van der Waals surface area (Å²) in [6, 6.07) is 8.84. The smallest absolute Gasteiger partial charge is 0.257 e. The molecule has 0 spiro atoms. The van der Waals surface area contributed by atoms with Gasteiger partial charge in [0, 0.05) is 12.0 Å². The van der Waals surface area contributed by atoms with Crippen molar-refractivity contribution in [3.05, 3.63) is 41.7 Å². The molecular weight excluding hydrogens is 262 g/mol. The van der Waals surface area contributed by atoms with E-state index in [1.807, 2.05) is 13.0 Å². The summed E-state index contributed by atoms with van der Waals surface area (Å²) in [7, 11) is 0. The third-order valence-corrected chi connectivity index (χ3v) is 2.55. The predicted octanol–water partition coefficient (Wildman–Crippen LogP) is 1.49. The third-order valence-electron chi connectivity index (χ3n) is 2.34. The van der Waals surface area contributed by atoms with Crippen molar-refractivity contribution in [3.63, 3.8) is 0 Å². The molecule has 2 rings (SSSR count). The van der Waals surface area contributed by atoms with E-state index >= 15 is 0 Å². The van der Waals surface area contributed by atoms with Crippen LogP contribution in [0.15, 0.2) is 30.3 Å². The van der Waals surface area contributed by atoms with Gasteiger partial charge in [-0.25, -0.2) is 5.10 Å². The highest BCUT2D eigenvalue weighted by Gasteiger charge is 2.08. The molecule has 6 nitrogen and oxygen atoms in total. The summed E-state index contributed by atoms with van der Waals surface area (Å²) < 4.78 is 0. The summed E-state index contributed by atoms with van der Waals surface area (Å²) in [5, 5.41) is 12.2. The molecule has 0 unspecified atom stereocenters. The van der Waals surface area contributed by atoms with Gasteiger partial charge < -0.3 is 5.32 Å². The molecule has 1 heterocycles. The Balaban J connectivity index is 1.93. The van der Waals surface area contributed by atoms with Gasteiger partial charge in [-0.05, 0) is 24.4 Å². The Kier molecular flexibility index (Phi) is 4.19. The van der Waals surface area contributed by atoms with Crippen molar-refractivity contribution in [2.45, 2.75) is 13.3 Å². The number of anilines is 1. The number of hydrogen-bond acceptors (Lipinski definition) is 4. The number of hydrogen-bond donors (Lipinski definition) is 3. The van der Waals surface area contributed by atoms with Crippen LogP contribution in [-0.2, 0) is 6.42 Å². The fraction of sp³-hybridized carbons (Fsp3) is 0.167. The molecule has 0 saturated carbocycles. The minimum absolute atomic E-state index is 0.174. The number of thiocarbonyl (C=S) groups is 1. The highest BCUT2D eigenvalue weighted by Crippen LogP contribution is 2.00. The Morgan fingerprint density at radius 3 is 2.74 bits per heavy atom. The Bertz CT molecular complexity index is 581. The van der Waals surface area contributed by atoms with Gasteiger partial charge in [0.1, 0.15) is 0 Å². The van der Waals surface area contributed by atoms with Crippen LogP contribution in [0.25, 0.3) is 0 Å². The molecule has 0 atom stereocenters. The molecule has 0 aliphatic heterocycles. The second kappa shape index (κ2) is 6.05. The monoisotopic (exact) mass is 275 g/mol. The molecule has 98 valence electrons. The SMILES string of the molecule is CCc1n[nH]c(NC(=S)NC(=O)c2ccccc2)n1. The van der Waals surface area contributed by atoms with Crippen LogP contribution in [0, 0.1) is 0 Å². The fourth-order valence-electron chi connectivity index (χ4n) is 1.41. The average molecular weight is 275 g/mol. The second-order valence-electron chi connectivity index (χ2n) is 3.73. The quantitative estimate of drug-likeness (QED) is 0.739. The number of carbonyl (C=O) groups is 1. The molecule has 3 N–H and O–H groups in total. The number of nitrogens with zero attached hydrogens (tertiary/aromatic N) is 2. The van der Waals surface area contributed by atoms with E-state index in [9.17, 15) is 4.79 Å². The molecule has 1 aromatic heterocycles. The van der Waals surface area contributed by atoms with Crippen LogP contribution in [0.3, 0.4) is 0 Å². The van der Waals surface area contributed by atoms with Crippen molar-refractivity contribution in [1.29, 1.82) is 0 Å². The van der Waals surface area contributed by atoms with E-state index in [4.69, 9.17) is 12.2 Å². The lowest BCUT2D eigenvalue weighted by Crippen LogP contribution is -2.34. The molecule has 0 bridgehead atoms. The van der Waals surface area contributed by atoms with Crippen LogP contribution in [-0.4, -0.2) is 26.2 Å². The standard InChI is InChI=1S/C12H13N5OS/c1-2-9-13-11(17-16-9)15-12(19)14-10(18)8-6-4-3-5-7-8/h3-7H,2H2,1H3,(H3,13,14,15,16,17,18,19). The maximum Gasteiger partial charge on any atom is 0.257 e. The van der Waals surface area contributed by atoms with Crippen molar-refractivity contribution in [1.82, 2.24) is 20.5 Å². The van der Waals surface area contributed by atoms with E-state index in [1.54, 1.807) is 24.3 Å². The predicted molar refractivity (Wildman–Crippen MR) is 75.9 cm³/mol. The van der Waals surface area contributed by atoms with E-state index in [-0.39, 0.29) is 11.0 Å². The van der Waals surface area contributed by atoms with Gasteiger partial charge in [0.15, 0.2) is 10.9 Å². The first-order valence-electron chi connectivity index (χ1n) is 5.77. The van der Waals surface area contributed by atoms with Crippen LogP contribution in [0.4, 0.5) is 5.95 Å². The van der Waals surface area contributed by atoms with Gasteiger partial charge in [0.2, 0.25) is 5.95 Å². The minimum Gasteiger partial charge on any atom is -0.301 e. The zero-order valence-corrected chi connectivity index (χ0v) is 11.1. The van der Waals surface area contributed by atoms with Crippen LogP contribution in [0.1, 0.15) is 23.1 Å². The van der Waals surface area contributed by atoms with Crippen LogP contribution in [0.2, 0.25) is 0 Å². The summed E-state index contributed by atoms with van der Waals surface area (Å²) in [5.74, 6) is 0.822. The van der Waals surface area contributed by atoms with Gasteiger partial charge in [-0.3, -0.25) is 10.1 Å². The van der Waals surface area contributed by atoms with Gasteiger partial charge in [-0.1, -0.05) is 25.1 Å². The van der Waals surface area contributed by atoms with Crippen LogP contribution >= 0.6 is 12.2 Å². The van der Waals surface area contributed by atoms with Crippen LogP contribution < -0.4 is 10.6 Å². The maximum absolute atomic E-state index is 11.8. The van der Waals surface area contributed by atoms with Crippen molar-refractivity contribution in [3.8, 4) is 0 Å². The molecule has 0 radical (unpaired) electrons. The highest BCUT2D eigenvalue weighted by molar-refractivity contribution is 7.80. The minimum atomic E-state index is -0.270. The summed E-state index contributed by atoms with van der Waals surface area (Å²) in [6.07, 6.45) is 0.724. The number of aromatic amines is 1. The second-order valence-corrected chi connectivity index (χ2v) is 4.14. The zero-order chi connectivity index (χ0) is 13.7. The highest BCUT2D eigenvalue weighted by atomic mass is 32.1. The summed E-state index contributed by atoms with van der Waals surface area (Å²) in [5.41, 5.74) is 0.540. The van der Waals surface area contributed by atoms with E-state index in [2.05, 4.69) is 25.8 Å². The molecule has 7 heteroatoms. The van der Waals surface area contributed by atoms with Crippen LogP contribution in [0.5, 0.6) is 0 Å². The first kappa shape index (κ1) is 13.2. The normalized spacial score (nSPS) is 9.95. The van der Waals surface area contributed by atoms with Gasteiger partial charge in [0.05, 0.1) is 0 Å². The Labute approximate surface area is 115 Å². The lowest BCUT2D eigenvalue weighted by Gasteiger charge is -2.06. The number of aryl methyl sites for hydroxylation is 1. The maximum atomic E-state index is 11.8. The Morgan fingerprint density at radius 1 is 1.37 bits per heavy atom. The zero-order valence-electron chi connectivity index (χ0n) is 10.3. The van der Waals surface area contributed by atoms with E-state index in [1.165, 1.54) is 0 Å². The number of benzene rings is 1. The summed E-state index contributed by atoms with van der Waals surface area (Å²) in [4.78, 5) is 16.0. The molecule has 0 saturated heterocycles. The Hall–Kier alpha value is -2.28. The molecule has 1 amide bonds. The molecule has 0 aliphatic carbocycles. The number of nitrogens with one attached hydrogen (secondary N) is 3. The molecular formula is C12H13N5OS. The summed E-state index contributed by atoms with van der Waals surface area (Å²) >= 11 is 5.03. The van der Waals surface area contributed by atoms with Crippen molar-refractivity contribution >= 4 is 29.2 Å². The van der Waals surface area contributed by atoms with Gasteiger partial charge in [-0.15, -0.1) is 0 Å². The number of amides is 1.